The highest BCUT2D eigenvalue weighted by Gasteiger charge is 2.18. The second-order valence-electron chi connectivity index (χ2n) is 5.43. The van der Waals surface area contributed by atoms with Gasteiger partial charge >= 0.3 is 0 Å². The molecular weight excluding hydrogens is 256 g/mol. The van der Waals surface area contributed by atoms with E-state index >= 15 is 0 Å². The molecule has 6 nitrogen and oxygen atoms in total. The van der Waals surface area contributed by atoms with Crippen molar-refractivity contribution in [2.24, 2.45) is 0 Å². The molecule has 1 aromatic rings. The molecule has 6 heteroatoms. The molecule has 1 rings (SSSR count). The van der Waals surface area contributed by atoms with Gasteiger partial charge in [0, 0.05) is 31.6 Å². The topological polar surface area (TPSA) is 68.2 Å². The van der Waals surface area contributed by atoms with Gasteiger partial charge in [0.15, 0.2) is 0 Å². The molecule has 0 aliphatic heterocycles. The number of aromatic nitrogens is 2. The van der Waals surface area contributed by atoms with E-state index in [1.807, 2.05) is 24.6 Å². The summed E-state index contributed by atoms with van der Waals surface area (Å²) in [4.78, 5) is 16.3. The Morgan fingerprint density at radius 3 is 2.90 bits per heavy atom. The van der Waals surface area contributed by atoms with Gasteiger partial charge in [-0.3, -0.25) is 4.79 Å². The van der Waals surface area contributed by atoms with Gasteiger partial charge in [-0.05, 0) is 20.3 Å². The lowest BCUT2D eigenvalue weighted by Gasteiger charge is -2.24. The number of imidazole rings is 1. The van der Waals surface area contributed by atoms with Gasteiger partial charge < -0.3 is 19.9 Å². The van der Waals surface area contributed by atoms with Crippen LogP contribution in [-0.2, 0) is 22.6 Å². The third kappa shape index (κ3) is 5.71. The summed E-state index contributed by atoms with van der Waals surface area (Å²) >= 11 is 0. The number of nitrogens with one attached hydrogen (secondary N) is 2. The van der Waals surface area contributed by atoms with E-state index < -0.39 is 0 Å². The Hall–Kier alpha value is -1.40. The van der Waals surface area contributed by atoms with Gasteiger partial charge in [-0.2, -0.15) is 0 Å². The summed E-state index contributed by atoms with van der Waals surface area (Å²) in [5, 5.41) is 6.24. The molecule has 0 aromatic carbocycles. The van der Waals surface area contributed by atoms with Crippen LogP contribution in [0, 0.1) is 0 Å². The van der Waals surface area contributed by atoms with Gasteiger partial charge in [-0.15, -0.1) is 0 Å². The van der Waals surface area contributed by atoms with Crippen LogP contribution in [0.25, 0.3) is 0 Å². The minimum atomic E-state index is -0.172. The highest BCUT2D eigenvalue weighted by molar-refractivity contribution is 5.76. The molecule has 0 fully saturated rings. The number of methoxy groups -OCH3 is 1. The first-order valence-electron chi connectivity index (χ1n) is 6.99. The SMILES string of the molecule is CCC(C)(C)NC(=O)Cn1ccnc1CNCCOC. The fourth-order valence-corrected chi connectivity index (χ4v) is 1.69. The number of ether oxygens (including phenoxy) is 1. The first-order valence-corrected chi connectivity index (χ1v) is 6.99. The Bertz CT molecular complexity index is 415. The average molecular weight is 282 g/mol. The zero-order valence-electron chi connectivity index (χ0n) is 12.9. The van der Waals surface area contributed by atoms with Crippen LogP contribution in [0.2, 0.25) is 0 Å². The highest BCUT2D eigenvalue weighted by Crippen LogP contribution is 2.07. The first-order chi connectivity index (χ1) is 9.48. The molecule has 114 valence electrons. The fourth-order valence-electron chi connectivity index (χ4n) is 1.69. The zero-order valence-corrected chi connectivity index (χ0v) is 12.9. The maximum atomic E-state index is 12.0. The minimum absolute atomic E-state index is 0.00740. The maximum absolute atomic E-state index is 12.0. The molecule has 1 aromatic heterocycles. The van der Waals surface area contributed by atoms with E-state index in [-0.39, 0.29) is 11.4 Å². The average Bonchev–Trinajstić information content (AvgIpc) is 2.81. The van der Waals surface area contributed by atoms with Gasteiger partial charge in [0.05, 0.1) is 13.2 Å². The van der Waals surface area contributed by atoms with E-state index in [2.05, 4.69) is 22.5 Å². The number of rotatable bonds is 9. The summed E-state index contributed by atoms with van der Waals surface area (Å²) < 4.78 is 6.83. The molecule has 0 unspecified atom stereocenters. The lowest BCUT2D eigenvalue weighted by atomic mass is 10.0. The van der Waals surface area contributed by atoms with Crippen LogP contribution < -0.4 is 10.6 Å². The summed E-state index contributed by atoms with van der Waals surface area (Å²) in [6.45, 7) is 8.44. The van der Waals surface area contributed by atoms with Crippen molar-refractivity contribution >= 4 is 5.91 Å². The largest absolute Gasteiger partial charge is 0.383 e. The molecule has 1 heterocycles. The van der Waals surface area contributed by atoms with E-state index in [4.69, 9.17) is 4.74 Å². The van der Waals surface area contributed by atoms with Crippen molar-refractivity contribution in [2.45, 2.75) is 45.8 Å². The Labute approximate surface area is 120 Å². The van der Waals surface area contributed by atoms with Crippen LogP contribution in [0.15, 0.2) is 12.4 Å². The molecule has 0 spiro atoms. The van der Waals surface area contributed by atoms with Crippen LogP contribution in [-0.4, -0.2) is 41.3 Å². The standard InChI is InChI=1S/C14H26N4O2/c1-5-14(2,3)17-13(19)11-18-8-6-16-12(18)10-15-7-9-20-4/h6,8,15H,5,7,9-11H2,1-4H3,(H,17,19). The summed E-state index contributed by atoms with van der Waals surface area (Å²) in [6, 6.07) is 0. The number of hydrogen-bond acceptors (Lipinski definition) is 4. The van der Waals surface area contributed by atoms with Crippen LogP contribution in [0.4, 0.5) is 0 Å². The fraction of sp³-hybridized carbons (Fsp3) is 0.714. The molecular formula is C14H26N4O2. The van der Waals surface area contributed by atoms with Crippen molar-refractivity contribution in [1.82, 2.24) is 20.2 Å². The Kier molecular flexibility index (Phi) is 6.67. The Morgan fingerprint density at radius 2 is 2.25 bits per heavy atom. The quantitative estimate of drug-likeness (QED) is 0.661. The van der Waals surface area contributed by atoms with E-state index in [0.29, 0.717) is 19.7 Å². The van der Waals surface area contributed by atoms with Crippen molar-refractivity contribution in [2.75, 3.05) is 20.3 Å². The second-order valence-corrected chi connectivity index (χ2v) is 5.43. The molecule has 1 amide bonds. The third-order valence-corrected chi connectivity index (χ3v) is 3.24. The predicted molar refractivity (Wildman–Crippen MR) is 78.3 cm³/mol. The van der Waals surface area contributed by atoms with Crippen LogP contribution in [0.1, 0.15) is 33.0 Å². The number of nitrogens with zero attached hydrogens (tertiary/aromatic N) is 2. The molecule has 20 heavy (non-hydrogen) atoms. The molecule has 0 saturated carbocycles. The summed E-state index contributed by atoms with van der Waals surface area (Å²) in [5.74, 6) is 0.860. The van der Waals surface area contributed by atoms with Crippen molar-refractivity contribution in [1.29, 1.82) is 0 Å². The predicted octanol–water partition coefficient (Wildman–Crippen LogP) is 0.924. The minimum Gasteiger partial charge on any atom is -0.383 e. The smallest absolute Gasteiger partial charge is 0.240 e. The highest BCUT2D eigenvalue weighted by atomic mass is 16.5. The number of carbonyl (C=O) groups is 1. The van der Waals surface area contributed by atoms with Crippen LogP contribution in [0.3, 0.4) is 0 Å². The lowest BCUT2D eigenvalue weighted by Crippen LogP contribution is -2.44. The van der Waals surface area contributed by atoms with Crippen LogP contribution in [0.5, 0.6) is 0 Å². The van der Waals surface area contributed by atoms with Gasteiger partial charge in [0.1, 0.15) is 12.4 Å². The summed E-state index contributed by atoms with van der Waals surface area (Å²) in [6.07, 6.45) is 4.44. The molecule has 2 N–H and O–H groups in total. The van der Waals surface area contributed by atoms with Crippen molar-refractivity contribution in [3.8, 4) is 0 Å². The molecule has 0 atom stereocenters. The summed E-state index contributed by atoms with van der Waals surface area (Å²) in [5.41, 5.74) is -0.172. The molecule has 0 aliphatic rings. The van der Waals surface area contributed by atoms with Crippen molar-refractivity contribution in [3.05, 3.63) is 18.2 Å². The van der Waals surface area contributed by atoms with E-state index in [1.165, 1.54) is 0 Å². The number of hydrogen-bond donors (Lipinski definition) is 2. The van der Waals surface area contributed by atoms with Gasteiger partial charge in [0.2, 0.25) is 5.91 Å². The summed E-state index contributed by atoms with van der Waals surface area (Å²) in [7, 11) is 1.67. The molecule has 0 saturated heterocycles. The monoisotopic (exact) mass is 282 g/mol. The second kappa shape index (κ2) is 8.01. The number of amides is 1. The normalized spacial score (nSPS) is 11.6. The van der Waals surface area contributed by atoms with Gasteiger partial charge in [-0.25, -0.2) is 4.98 Å². The van der Waals surface area contributed by atoms with Crippen LogP contribution >= 0.6 is 0 Å². The van der Waals surface area contributed by atoms with Crippen molar-refractivity contribution < 1.29 is 9.53 Å². The maximum Gasteiger partial charge on any atom is 0.240 e. The van der Waals surface area contributed by atoms with Crippen molar-refractivity contribution in [3.63, 3.8) is 0 Å². The molecule has 0 aliphatic carbocycles. The zero-order chi connectivity index (χ0) is 15.0. The lowest BCUT2D eigenvalue weighted by molar-refractivity contribution is -0.123. The van der Waals surface area contributed by atoms with E-state index in [0.717, 1.165) is 18.8 Å². The Morgan fingerprint density at radius 1 is 1.50 bits per heavy atom. The molecule has 0 radical (unpaired) electrons. The van der Waals surface area contributed by atoms with Gasteiger partial charge in [-0.1, -0.05) is 6.92 Å². The Balaban J connectivity index is 2.48. The number of carbonyl (C=O) groups excluding carboxylic acids is 1. The molecule has 0 bridgehead atoms. The first kappa shape index (κ1) is 16.7. The third-order valence-electron chi connectivity index (χ3n) is 3.24. The van der Waals surface area contributed by atoms with E-state index in [1.54, 1.807) is 13.3 Å². The van der Waals surface area contributed by atoms with E-state index in [9.17, 15) is 4.79 Å². The van der Waals surface area contributed by atoms with Gasteiger partial charge in [0.25, 0.3) is 0 Å².